The zero-order chi connectivity index (χ0) is 19.3. The Labute approximate surface area is 160 Å². The SMILES string of the molecule is C#C[C@H]1CC[C@@H](C#N)N1C(=O)CN[C@]1(C)CC[C@@H](Oc2ccccn2)CC1. The molecule has 0 bridgehead atoms. The Kier molecular flexibility index (Phi) is 5.98. The molecule has 0 unspecified atom stereocenters. The van der Waals surface area contributed by atoms with E-state index >= 15 is 0 Å². The molecule has 1 amide bonds. The molecule has 6 heteroatoms. The molecular formula is C21H26N4O2. The number of ether oxygens (including phenoxy) is 1. The summed E-state index contributed by atoms with van der Waals surface area (Å²) in [6.07, 6.45) is 12.4. The van der Waals surface area contributed by atoms with E-state index in [4.69, 9.17) is 11.2 Å². The van der Waals surface area contributed by atoms with Crippen LogP contribution in [0, 0.1) is 23.7 Å². The lowest BCUT2D eigenvalue weighted by molar-refractivity contribution is -0.131. The lowest BCUT2D eigenvalue weighted by Crippen LogP contribution is -2.52. The summed E-state index contributed by atoms with van der Waals surface area (Å²) in [7, 11) is 0. The quantitative estimate of drug-likeness (QED) is 0.809. The van der Waals surface area contributed by atoms with Gasteiger partial charge in [0.1, 0.15) is 12.1 Å². The van der Waals surface area contributed by atoms with E-state index in [2.05, 4.69) is 29.2 Å². The van der Waals surface area contributed by atoms with Crippen LogP contribution >= 0.6 is 0 Å². The van der Waals surface area contributed by atoms with E-state index < -0.39 is 6.04 Å². The molecule has 0 aromatic carbocycles. The zero-order valence-electron chi connectivity index (χ0n) is 15.7. The van der Waals surface area contributed by atoms with Crippen LogP contribution in [0.2, 0.25) is 0 Å². The highest BCUT2D eigenvalue weighted by Gasteiger charge is 2.37. The second-order valence-electron chi connectivity index (χ2n) is 7.61. The average molecular weight is 366 g/mol. The highest BCUT2D eigenvalue weighted by atomic mass is 16.5. The highest BCUT2D eigenvalue weighted by molar-refractivity contribution is 5.80. The lowest BCUT2D eigenvalue weighted by Gasteiger charge is -2.38. The van der Waals surface area contributed by atoms with Crippen LogP contribution in [0.3, 0.4) is 0 Å². The maximum Gasteiger partial charge on any atom is 0.238 e. The number of amides is 1. The van der Waals surface area contributed by atoms with Crippen molar-refractivity contribution in [3.05, 3.63) is 24.4 Å². The van der Waals surface area contributed by atoms with Gasteiger partial charge in [0, 0.05) is 17.8 Å². The number of aromatic nitrogens is 1. The van der Waals surface area contributed by atoms with Crippen molar-refractivity contribution in [3.8, 4) is 24.3 Å². The van der Waals surface area contributed by atoms with E-state index in [9.17, 15) is 10.1 Å². The molecule has 2 heterocycles. The highest BCUT2D eigenvalue weighted by Crippen LogP contribution is 2.30. The largest absolute Gasteiger partial charge is 0.474 e. The van der Waals surface area contributed by atoms with Crippen LogP contribution in [0.15, 0.2) is 24.4 Å². The Morgan fingerprint density at radius 3 is 2.74 bits per heavy atom. The van der Waals surface area contributed by atoms with Gasteiger partial charge in [0.05, 0.1) is 18.7 Å². The standard InChI is InChI=1S/C21H26N4O2/c1-3-16-7-8-17(14-22)25(16)20(26)15-24-21(2)11-9-18(10-12-21)27-19-6-4-5-13-23-19/h1,4-6,13,16-18,24H,7-12,15H2,2H3/t16-,17-,18-,21-/m0/s1. The number of terminal acetylenes is 1. The Morgan fingerprint density at radius 2 is 2.11 bits per heavy atom. The second-order valence-corrected chi connectivity index (χ2v) is 7.61. The molecule has 1 N–H and O–H groups in total. The van der Waals surface area contributed by atoms with Crippen LogP contribution in [0.5, 0.6) is 5.88 Å². The van der Waals surface area contributed by atoms with Gasteiger partial charge in [0.2, 0.25) is 11.8 Å². The molecule has 2 atom stereocenters. The van der Waals surface area contributed by atoms with Crippen LogP contribution in [0.4, 0.5) is 0 Å². The molecule has 27 heavy (non-hydrogen) atoms. The van der Waals surface area contributed by atoms with Crippen molar-refractivity contribution in [2.75, 3.05) is 6.54 Å². The third kappa shape index (κ3) is 4.59. The lowest BCUT2D eigenvalue weighted by atomic mass is 9.82. The van der Waals surface area contributed by atoms with Crippen molar-refractivity contribution in [1.29, 1.82) is 5.26 Å². The Hall–Kier alpha value is -2.57. The molecule has 1 aromatic rings. The van der Waals surface area contributed by atoms with Gasteiger partial charge in [0.25, 0.3) is 0 Å². The normalized spacial score (nSPS) is 30.3. The molecule has 2 aliphatic rings. The smallest absolute Gasteiger partial charge is 0.238 e. The maximum absolute atomic E-state index is 12.7. The first kappa shape index (κ1) is 19.2. The fourth-order valence-electron chi connectivity index (χ4n) is 3.94. The average Bonchev–Trinajstić information content (AvgIpc) is 3.12. The number of carbonyl (C=O) groups is 1. The number of pyridine rings is 1. The van der Waals surface area contributed by atoms with Crippen molar-refractivity contribution in [1.82, 2.24) is 15.2 Å². The molecular weight excluding hydrogens is 340 g/mol. The first-order chi connectivity index (χ1) is 13.0. The first-order valence-corrected chi connectivity index (χ1v) is 9.54. The van der Waals surface area contributed by atoms with Gasteiger partial charge in [-0.1, -0.05) is 12.0 Å². The molecule has 1 saturated heterocycles. The van der Waals surface area contributed by atoms with Crippen molar-refractivity contribution >= 4 is 5.91 Å². The van der Waals surface area contributed by atoms with E-state index in [-0.39, 0.29) is 30.1 Å². The van der Waals surface area contributed by atoms with Gasteiger partial charge in [-0.05, 0) is 51.5 Å². The predicted molar refractivity (Wildman–Crippen MR) is 102 cm³/mol. The van der Waals surface area contributed by atoms with Crippen molar-refractivity contribution in [2.45, 2.75) is 69.2 Å². The zero-order valence-corrected chi connectivity index (χ0v) is 15.7. The summed E-state index contributed by atoms with van der Waals surface area (Å²) in [6.45, 7) is 2.35. The first-order valence-electron chi connectivity index (χ1n) is 9.54. The van der Waals surface area contributed by atoms with Crippen LogP contribution in [-0.4, -0.2) is 46.1 Å². The van der Waals surface area contributed by atoms with Gasteiger partial charge in [-0.2, -0.15) is 5.26 Å². The van der Waals surface area contributed by atoms with E-state index in [0.29, 0.717) is 18.7 Å². The Balaban J connectivity index is 1.49. The number of carbonyl (C=O) groups excluding carboxylic acids is 1. The van der Waals surface area contributed by atoms with Gasteiger partial charge in [0.15, 0.2) is 0 Å². The summed E-state index contributed by atoms with van der Waals surface area (Å²) in [5, 5.41) is 12.7. The van der Waals surface area contributed by atoms with E-state index in [0.717, 1.165) is 25.7 Å². The van der Waals surface area contributed by atoms with E-state index in [1.165, 1.54) is 0 Å². The van der Waals surface area contributed by atoms with Crippen molar-refractivity contribution < 1.29 is 9.53 Å². The third-order valence-electron chi connectivity index (χ3n) is 5.64. The molecule has 0 spiro atoms. The van der Waals surface area contributed by atoms with E-state index in [1.807, 2.05) is 18.2 Å². The molecule has 6 nitrogen and oxygen atoms in total. The van der Waals surface area contributed by atoms with Gasteiger partial charge in [-0.25, -0.2) is 4.98 Å². The molecule has 2 fully saturated rings. The molecule has 1 aliphatic heterocycles. The number of hydrogen-bond acceptors (Lipinski definition) is 5. The van der Waals surface area contributed by atoms with Crippen LogP contribution in [-0.2, 0) is 4.79 Å². The monoisotopic (exact) mass is 366 g/mol. The van der Waals surface area contributed by atoms with Crippen LogP contribution < -0.4 is 10.1 Å². The minimum atomic E-state index is -0.407. The fraction of sp³-hybridized carbons (Fsp3) is 0.571. The summed E-state index contributed by atoms with van der Waals surface area (Å²) < 4.78 is 5.94. The minimum absolute atomic E-state index is 0.0879. The maximum atomic E-state index is 12.7. The summed E-state index contributed by atoms with van der Waals surface area (Å²) in [5.74, 6) is 3.21. The van der Waals surface area contributed by atoms with Crippen LogP contribution in [0.25, 0.3) is 0 Å². The minimum Gasteiger partial charge on any atom is -0.474 e. The topological polar surface area (TPSA) is 78.2 Å². The predicted octanol–water partition coefficient (Wildman–Crippen LogP) is 2.27. The fourth-order valence-corrected chi connectivity index (χ4v) is 3.94. The molecule has 0 radical (unpaired) electrons. The Bertz CT molecular complexity index is 707. The summed E-state index contributed by atoms with van der Waals surface area (Å²) in [4.78, 5) is 18.4. The summed E-state index contributed by atoms with van der Waals surface area (Å²) >= 11 is 0. The Morgan fingerprint density at radius 1 is 1.37 bits per heavy atom. The molecule has 1 saturated carbocycles. The number of likely N-dealkylation sites (tertiary alicyclic amines) is 1. The second kappa shape index (κ2) is 8.41. The molecule has 1 aromatic heterocycles. The van der Waals surface area contributed by atoms with Crippen molar-refractivity contribution in [3.63, 3.8) is 0 Å². The number of hydrogen-bond donors (Lipinski definition) is 1. The third-order valence-corrected chi connectivity index (χ3v) is 5.64. The number of nitrogens with zero attached hydrogens (tertiary/aromatic N) is 3. The molecule has 3 rings (SSSR count). The van der Waals surface area contributed by atoms with Gasteiger partial charge < -0.3 is 15.0 Å². The number of nitrogens with one attached hydrogen (secondary N) is 1. The molecule has 142 valence electrons. The van der Waals surface area contributed by atoms with Gasteiger partial charge in [-0.15, -0.1) is 6.42 Å². The van der Waals surface area contributed by atoms with E-state index in [1.54, 1.807) is 11.1 Å². The number of nitriles is 1. The van der Waals surface area contributed by atoms with Gasteiger partial charge in [-0.3, -0.25) is 4.79 Å². The number of rotatable bonds is 5. The van der Waals surface area contributed by atoms with Gasteiger partial charge >= 0.3 is 0 Å². The van der Waals surface area contributed by atoms with Crippen LogP contribution in [0.1, 0.15) is 45.4 Å². The molecule has 1 aliphatic carbocycles. The summed E-state index contributed by atoms with van der Waals surface area (Å²) in [6, 6.07) is 7.18. The van der Waals surface area contributed by atoms with Crippen molar-refractivity contribution in [2.24, 2.45) is 0 Å². The summed E-state index contributed by atoms with van der Waals surface area (Å²) in [5.41, 5.74) is -0.118.